The van der Waals surface area contributed by atoms with Gasteiger partial charge in [0, 0.05) is 4.75 Å². The molecule has 11 heavy (non-hydrogen) atoms. The number of hydrogen-bond donors (Lipinski definition) is 3. The standard InChI is InChI=1S/C5H11N3O2S/c1-5(2,11)3(4(9)10)7-8-6/h3,11H,1-2H3,(H2,6,7)(H,9,10). The number of carbonyl (C=O) groups is 1. The third kappa shape index (κ3) is 3.22. The quantitative estimate of drug-likeness (QED) is 0.253. The van der Waals surface area contributed by atoms with E-state index in [0.717, 1.165) is 0 Å². The fourth-order valence-corrected chi connectivity index (χ4v) is 0.722. The zero-order valence-corrected chi connectivity index (χ0v) is 7.25. The normalized spacial score (nSPS) is 15.2. The van der Waals surface area contributed by atoms with Gasteiger partial charge in [0.05, 0.1) is 0 Å². The molecule has 0 fully saturated rings. The second kappa shape index (κ2) is 3.56. The predicted molar refractivity (Wildman–Crippen MR) is 43.5 cm³/mol. The van der Waals surface area contributed by atoms with Crippen LogP contribution in [0.2, 0.25) is 0 Å². The van der Waals surface area contributed by atoms with Gasteiger partial charge in [0.25, 0.3) is 0 Å². The third-order valence-electron chi connectivity index (χ3n) is 1.09. The lowest BCUT2D eigenvalue weighted by Crippen LogP contribution is -2.36. The Morgan fingerprint density at radius 3 is 2.27 bits per heavy atom. The number of nitrogens with two attached hydrogens (primary N) is 1. The molecule has 0 saturated carbocycles. The highest BCUT2D eigenvalue weighted by Crippen LogP contribution is 2.20. The molecule has 0 aliphatic carbocycles. The molecular formula is C5H11N3O2S. The Bertz CT molecular complexity index is 175. The average Bonchev–Trinajstić information content (AvgIpc) is 1.79. The predicted octanol–water partition coefficient (Wildman–Crippen LogP) is 0.474. The van der Waals surface area contributed by atoms with Gasteiger partial charge in [0.1, 0.15) is 0 Å². The van der Waals surface area contributed by atoms with Gasteiger partial charge in [-0.2, -0.15) is 17.7 Å². The molecule has 0 bridgehead atoms. The summed E-state index contributed by atoms with van der Waals surface area (Å²) in [4.78, 5) is 10.5. The van der Waals surface area contributed by atoms with Crippen LogP contribution in [0.5, 0.6) is 0 Å². The Balaban J connectivity index is 4.48. The van der Waals surface area contributed by atoms with Crippen LogP contribution in [0.4, 0.5) is 0 Å². The molecule has 0 aliphatic rings. The molecule has 0 spiro atoms. The monoisotopic (exact) mass is 177 g/mol. The van der Waals surface area contributed by atoms with Crippen LogP contribution < -0.4 is 5.84 Å². The van der Waals surface area contributed by atoms with Gasteiger partial charge >= 0.3 is 5.97 Å². The molecule has 1 unspecified atom stereocenters. The van der Waals surface area contributed by atoms with Gasteiger partial charge in [-0.1, -0.05) is 5.22 Å². The fraction of sp³-hybridized carbons (Fsp3) is 0.800. The molecule has 0 aromatic carbocycles. The average molecular weight is 177 g/mol. The van der Waals surface area contributed by atoms with Gasteiger partial charge in [-0.3, -0.25) is 0 Å². The minimum absolute atomic E-state index is 0.755. The molecule has 6 heteroatoms. The highest BCUT2D eigenvalue weighted by Gasteiger charge is 2.32. The molecule has 64 valence electrons. The summed E-state index contributed by atoms with van der Waals surface area (Å²) in [7, 11) is 0. The number of carboxylic acid groups (broad SMARTS) is 1. The number of hydrogen-bond acceptors (Lipinski definition) is 4. The summed E-state index contributed by atoms with van der Waals surface area (Å²) in [5, 5.41) is 14.8. The number of aliphatic carboxylic acids is 1. The lowest BCUT2D eigenvalue weighted by Gasteiger charge is -2.20. The Morgan fingerprint density at radius 2 is 2.18 bits per heavy atom. The Kier molecular flexibility index (Phi) is 3.31. The molecule has 5 nitrogen and oxygen atoms in total. The van der Waals surface area contributed by atoms with Gasteiger partial charge in [-0.05, 0) is 13.8 Å². The number of rotatable bonds is 3. The fourth-order valence-electron chi connectivity index (χ4n) is 0.560. The molecule has 0 saturated heterocycles. The van der Waals surface area contributed by atoms with Crippen molar-refractivity contribution in [3.05, 3.63) is 0 Å². The summed E-state index contributed by atoms with van der Waals surface area (Å²) in [6.45, 7) is 3.26. The summed E-state index contributed by atoms with van der Waals surface area (Å²) in [6.07, 6.45) is 0. The first-order valence-corrected chi connectivity index (χ1v) is 3.39. The first-order valence-electron chi connectivity index (χ1n) is 2.95. The van der Waals surface area contributed by atoms with Crippen molar-refractivity contribution in [2.24, 2.45) is 16.2 Å². The Morgan fingerprint density at radius 1 is 1.73 bits per heavy atom. The van der Waals surface area contributed by atoms with Crippen molar-refractivity contribution in [1.29, 1.82) is 0 Å². The van der Waals surface area contributed by atoms with E-state index in [4.69, 9.17) is 10.9 Å². The summed E-state index contributed by atoms with van der Waals surface area (Å²) in [5.41, 5.74) is 0. The van der Waals surface area contributed by atoms with Gasteiger partial charge in [0.2, 0.25) is 0 Å². The van der Waals surface area contributed by atoms with Crippen molar-refractivity contribution in [2.45, 2.75) is 24.6 Å². The van der Waals surface area contributed by atoms with E-state index in [1.807, 2.05) is 0 Å². The highest BCUT2D eigenvalue weighted by molar-refractivity contribution is 7.81. The van der Waals surface area contributed by atoms with Crippen molar-refractivity contribution in [1.82, 2.24) is 0 Å². The number of carboxylic acids is 1. The maximum Gasteiger partial charge on any atom is 0.331 e. The smallest absolute Gasteiger partial charge is 0.331 e. The van der Waals surface area contributed by atoms with E-state index in [2.05, 4.69) is 23.0 Å². The van der Waals surface area contributed by atoms with E-state index in [1.54, 1.807) is 13.8 Å². The molecular weight excluding hydrogens is 166 g/mol. The van der Waals surface area contributed by atoms with Crippen molar-refractivity contribution in [3.63, 3.8) is 0 Å². The lowest BCUT2D eigenvalue weighted by atomic mass is 10.1. The van der Waals surface area contributed by atoms with Crippen LogP contribution in [-0.2, 0) is 4.79 Å². The van der Waals surface area contributed by atoms with Crippen LogP contribution in [0.1, 0.15) is 13.8 Å². The van der Waals surface area contributed by atoms with Gasteiger partial charge in [0.15, 0.2) is 6.04 Å². The minimum Gasteiger partial charge on any atom is -0.480 e. The topological polar surface area (TPSA) is 88.0 Å². The van der Waals surface area contributed by atoms with Crippen LogP contribution in [0, 0.1) is 0 Å². The zero-order chi connectivity index (χ0) is 9.07. The van der Waals surface area contributed by atoms with E-state index in [0.29, 0.717) is 0 Å². The van der Waals surface area contributed by atoms with Crippen LogP contribution >= 0.6 is 12.6 Å². The SMILES string of the molecule is CC(C)(S)C(N=NN)C(=O)O. The number of nitrogens with zero attached hydrogens (tertiary/aromatic N) is 2. The zero-order valence-electron chi connectivity index (χ0n) is 6.35. The van der Waals surface area contributed by atoms with E-state index in [9.17, 15) is 4.79 Å². The van der Waals surface area contributed by atoms with Gasteiger partial charge < -0.3 is 10.9 Å². The van der Waals surface area contributed by atoms with Crippen molar-refractivity contribution in [3.8, 4) is 0 Å². The van der Waals surface area contributed by atoms with Crippen LogP contribution in [0.3, 0.4) is 0 Å². The molecule has 0 radical (unpaired) electrons. The van der Waals surface area contributed by atoms with Crippen LogP contribution in [-0.4, -0.2) is 21.9 Å². The molecule has 0 rings (SSSR count). The Labute approximate surface area is 70.1 Å². The van der Waals surface area contributed by atoms with Crippen LogP contribution in [0.15, 0.2) is 10.3 Å². The van der Waals surface area contributed by atoms with E-state index in [1.165, 1.54) is 0 Å². The lowest BCUT2D eigenvalue weighted by molar-refractivity contribution is -0.139. The third-order valence-corrected chi connectivity index (χ3v) is 1.33. The second-order valence-electron chi connectivity index (χ2n) is 2.63. The summed E-state index contributed by atoms with van der Waals surface area (Å²) < 4.78 is -0.755. The summed E-state index contributed by atoms with van der Waals surface area (Å²) in [6, 6.07) is -1.00. The molecule has 0 aliphatic heterocycles. The summed E-state index contributed by atoms with van der Waals surface area (Å²) >= 11 is 4.03. The molecule has 3 N–H and O–H groups in total. The van der Waals surface area contributed by atoms with Crippen LogP contribution in [0.25, 0.3) is 0 Å². The van der Waals surface area contributed by atoms with E-state index in [-0.39, 0.29) is 0 Å². The summed E-state index contributed by atoms with van der Waals surface area (Å²) in [5.74, 6) is 3.64. The first-order chi connectivity index (χ1) is 4.89. The second-order valence-corrected chi connectivity index (χ2v) is 3.78. The first kappa shape index (κ1) is 10.2. The Hall–Kier alpha value is -0.780. The molecule has 0 aromatic heterocycles. The van der Waals surface area contributed by atoms with Gasteiger partial charge in [-0.25, -0.2) is 4.79 Å². The van der Waals surface area contributed by atoms with Crippen molar-refractivity contribution >= 4 is 18.6 Å². The molecule has 0 aromatic rings. The molecule has 0 amide bonds. The maximum atomic E-state index is 10.5. The highest BCUT2D eigenvalue weighted by atomic mass is 32.1. The largest absolute Gasteiger partial charge is 0.480 e. The van der Waals surface area contributed by atoms with Crippen molar-refractivity contribution in [2.75, 3.05) is 0 Å². The van der Waals surface area contributed by atoms with E-state index >= 15 is 0 Å². The maximum absolute atomic E-state index is 10.5. The number of thiol groups is 1. The van der Waals surface area contributed by atoms with Crippen molar-refractivity contribution < 1.29 is 9.90 Å². The van der Waals surface area contributed by atoms with Gasteiger partial charge in [-0.15, -0.1) is 0 Å². The minimum atomic E-state index is -1.08. The van der Waals surface area contributed by atoms with E-state index < -0.39 is 16.8 Å². The molecule has 0 heterocycles. The molecule has 1 atom stereocenters.